The number of carbonyl (C=O) groups is 2. The van der Waals surface area contributed by atoms with Crippen LogP contribution in [0, 0.1) is 6.92 Å². The van der Waals surface area contributed by atoms with Gasteiger partial charge in [-0.15, -0.1) is 0 Å². The number of anilines is 1. The molecule has 0 fully saturated rings. The molecule has 0 spiro atoms. The second-order valence-corrected chi connectivity index (χ2v) is 6.07. The van der Waals surface area contributed by atoms with E-state index in [0.717, 1.165) is 11.1 Å². The van der Waals surface area contributed by atoms with Crippen LogP contribution in [0.3, 0.4) is 0 Å². The van der Waals surface area contributed by atoms with Crippen LogP contribution in [0.15, 0.2) is 23.4 Å². The maximum atomic E-state index is 12.3. The van der Waals surface area contributed by atoms with E-state index >= 15 is 0 Å². The quantitative estimate of drug-likeness (QED) is 0.834. The topological polar surface area (TPSA) is 85.3 Å². The Morgan fingerprint density at radius 2 is 1.84 bits per heavy atom. The number of ether oxygens (including phenoxy) is 3. The second-order valence-electron chi connectivity index (χ2n) is 6.07. The number of aromatic hydroxyl groups is 1. The highest BCUT2D eigenvalue weighted by molar-refractivity contribution is 6.03. The number of aryl methyl sites for hydroxylation is 1. The predicted molar refractivity (Wildman–Crippen MR) is 91.3 cm³/mol. The van der Waals surface area contributed by atoms with Crippen molar-refractivity contribution >= 4 is 17.6 Å². The van der Waals surface area contributed by atoms with Gasteiger partial charge in [0.15, 0.2) is 0 Å². The van der Waals surface area contributed by atoms with Crippen molar-refractivity contribution in [3.63, 3.8) is 0 Å². The summed E-state index contributed by atoms with van der Waals surface area (Å²) in [4.78, 5) is 26.0. The molecule has 1 aromatic rings. The number of hydrogen-bond donors (Lipinski definition) is 1. The fraction of sp³-hybridized carbons (Fsp3) is 0.444. The Kier molecular flexibility index (Phi) is 5.69. The Bertz CT molecular complexity index is 723. The molecule has 0 saturated heterocycles. The summed E-state index contributed by atoms with van der Waals surface area (Å²) < 4.78 is 15.1. The summed E-state index contributed by atoms with van der Waals surface area (Å²) in [6.07, 6.45) is 0. The Morgan fingerprint density at radius 1 is 1.20 bits per heavy atom. The largest absolute Gasteiger partial charge is 0.508 e. The molecule has 1 N–H and O–H groups in total. The van der Waals surface area contributed by atoms with Gasteiger partial charge in [-0.25, -0.2) is 9.59 Å². The Hall–Kier alpha value is -2.54. The van der Waals surface area contributed by atoms with Crippen molar-refractivity contribution in [1.82, 2.24) is 0 Å². The summed E-state index contributed by atoms with van der Waals surface area (Å²) >= 11 is 0. The third-order valence-corrected chi connectivity index (χ3v) is 4.09. The molecule has 1 heterocycles. The first-order valence-electron chi connectivity index (χ1n) is 7.90. The summed E-state index contributed by atoms with van der Waals surface area (Å²) in [6.45, 7) is 5.76. The normalized spacial score (nSPS) is 14.7. The van der Waals surface area contributed by atoms with Gasteiger partial charge < -0.3 is 24.2 Å². The molecule has 0 unspecified atom stereocenters. The van der Waals surface area contributed by atoms with Crippen LogP contribution in [0.1, 0.15) is 30.9 Å². The Morgan fingerprint density at radius 3 is 2.40 bits per heavy atom. The maximum absolute atomic E-state index is 12.3. The van der Waals surface area contributed by atoms with Crippen LogP contribution in [0.2, 0.25) is 0 Å². The number of carbonyl (C=O) groups excluding carboxylic acids is 2. The molecule has 0 saturated carbocycles. The zero-order valence-electron chi connectivity index (χ0n) is 15.1. The van der Waals surface area contributed by atoms with Gasteiger partial charge in [0.05, 0.1) is 26.4 Å². The lowest BCUT2D eigenvalue weighted by molar-refractivity contribution is -0.140. The predicted octanol–water partition coefficient (Wildman–Crippen LogP) is 2.22. The highest BCUT2D eigenvalue weighted by Gasteiger charge is 2.33. The standard InChI is InChI=1S/C18H23NO6/c1-10(2)12-7-14(11(3)6-15(12)20)19-9-25-8-13(17(21)23-4)16(19)18(22)24-5/h6-7,10,20H,8-9H2,1-5H3. The van der Waals surface area contributed by atoms with Gasteiger partial charge in [0, 0.05) is 5.69 Å². The first-order valence-corrected chi connectivity index (χ1v) is 7.90. The van der Waals surface area contributed by atoms with Gasteiger partial charge in [0.25, 0.3) is 0 Å². The summed E-state index contributed by atoms with van der Waals surface area (Å²) in [5.41, 5.74) is 2.30. The van der Waals surface area contributed by atoms with Gasteiger partial charge in [-0.05, 0) is 36.1 Å². The minimum Gasteiger partial charge on any atom is -0.508 e. The fourth-order valence-corrected chi connectivity index (χ4v) is 2.78. The molecule has 25 heavy (non-hydrogen) atoms. The zero-order chi connectivity index (χ0) is 18.7. The van der Waals surface area contributed by atoms with E-state index in [1.54, 1.807) is 24.0 Å². The Balaban J connectivity index is 2.65. The first kappa shape index (κ1) is 18.8. The van der Waals surface area contributed by atoms with E-state index in [0.29, 0.717) is 5.69 Å². The number of esters is 2. The number of phenols is 1. The smallest absolute Gasteiger partial charge is 0.355 e. The van der Waals surface area contributed by atoms with Crippen molar-refractivity contribution in [3.05, 3.63) is 34.5 Å². The highest BCUT2D eigenvalue weighted by Crippen LogP contribution is 2.36. The molecule has 0 bridgehead atoms. The van der Waals surface area contributed by atoms with E-state index in [2.05, 4.69) is 0 Å². The molecule has 0 aromatic heterocycles. The minimum atomic E-state index is -0.651. The summed E-state index contributed by atoms with van der Waals surface area (Å²) in [5, 5.41) is 10.2. The number of methoxy groups -OCH3 is 2. The molecule has 0 aliphatic carbocycles. The molecular weight excluding hydrogens is 326 g/mol. The van der Waals surface area contributed by atoms with Crippen molar-refractivity contribution in [2.24, 2.45) is 0 Å². The van der Waals surface area contributed by atoms with Crippen LogP contribution < -0.4 is 4.90 Å². The Labute approximate surface area is 146 Å². The highest BCUT2D eigenvalue weighted by atomic mass is 16.5. The SMILES string of the molecule is COC(=O)C1=C(C(=O)OC)N(c2cc(C(C)C)c(O)cc2C)COC1. The molecule has 0 atom stereocenters. The van der Waals surface area contributed by atoms with Crippen LogP contribution in [-0.4, -0.2) is 44.6 Å². The monoisotopic (exact) mass is 349 g/mol. The van der Waals surface area contributed by atoms with Crippen LogP contribution in [0.25, 0.3) is 0 Å². The van der Waals surface area contributed by atoms with Crippen LogP contribution >= 0.6 is 0 Å². The van der Waals surface area contributed by atoms with Gasteiger partial charge in [-0.3, -0.25) is 0 Å². The van der Waals surface area contributed by atoms with E-state index in [-0.39, 0.29) is 36.3 Å². The van der Waals surface area contributed by atoms with Crippen molar-refractivity contribution in [2.45, 2.75) is 26.7 Å². The van der Waals surface area contributed by atoms with Gasteiger partial charge >= 0.3 is 11.9 Å². The summed E-state index contributed by atoms with van der Waals surface area (Å²) in [5.74, 6) is -1.03. The van der Waals surface area contributed by atoms with Crippen molar-refractivity contribution in [3.8, 4) is 5.75 Å². The van der Waals surface area contributed by atoms with Gasteiger partial charge in [-0.1, -0.05) is 13.8 Å². The average Bonchev–Trinajstić information content (AvgIpc) is 2.59. The molecule has 0 radical (unpaired) electrons. The van der Waals surface area contributed by atoms with Crippen LogP contribution in [-0.2, 0) is 23.8 Å². The van der Waals surface area contributed by atoms with Gasteiger partial charge in [0.1, 0.15) is 18.2 Å². The number of nitrogens with zero attached hydrogens (tertiary/aromatic N) is 1. The molecule has 1 aliphatic heterocycles. The lowest BCUT2D eigenvalue weighted by Crippen LogP contribution is -2.39. The molecule has 1 aromatic carbocycles. The number of hydrogen-bond acceptors (Lipinski definition) is 7. The van der Waals surface area contributed by atoms with Gasteiger partial charge in [-0.2, -0.15) is 0 Å². The molecule has 2 rings (SSSR count). The van der Waals surface area contributed by atoms with Crippen LogP contribution in [0.5, 0.6) is 5.75 Å². The second kappa shape index (κ2) is 7.57. The summed E-state index contributed by atoms with van der Waals surface area (Å²) in [7, 11) is 2.49. The van der Waals surface area contributed by atoms with Crippen molar-refractivity contribution in [1.29, 1.82) is 0 Å². The molecule has 1 aliphatic rings. The number of phenolic OH excluding ortho intramolecular Hbond substituents is 1. The van der Waals surface area contributed by atoms with Crippen LogP contribution in [0.4, 0.5) is 5.69 Å². The minimum absolute atomic E-state index is 0.0399. The number of rotatable bonds is 4. The van der Waals surface area contributed by atoms with Crippen molar-refractivity contribution < 1.29 is 28.9 Å². The molecule has 0 amide bonds. The van der Waals surface area contributed by atoms with Gasteiger partial charge in [0.2, 0.25) is 0 Å². The average molecular weight is 349 g/mol. The number of benzene rings is 1. The van der Waals surface area contributed by atoms with E-state index < -0.39 is 11.9 Å². The van der Waals surface area contributed by atoms with Crippen molar-refractivity contribution in [2.75, 3.05) is 32.5 Å². The molecule has 7 nitrogen and oxygen atoms in total. The van der Waals surface area contributed by atoms with E-state index in [4.69, 9.17) is 14.2 Å². The third-order valence-electron chi connectivity index (χ3n) is 4.09. The maximum Gasteiger partial charge on any atom is 0.355 e. The third kappa shape index (κ3) is 3.61. The first-order chi connectivity index (χ1) is 11.8. The molecule has 136 valence electrons. The molecule has 7 heteroatoms. The van der Waals surface area contributed by atoms with E-state index in [1.165, 1.54) is 14.2 Å². The van der Waals surface area contributed by atoms with E-state index in [9.17, 15) is 14.7 Å². The lowest BCUT2D eigenvalue weighted by Gasteiger charge is -2.33. The summed E-state index contributed by atoms with van der Waals surface area (Å²) in [6, 6.07) is 3.42. The molecular formula is C18H23NO6. The van der Waals surface area contributed by atoms with E-state index in [1.807, 2.05) is 13.8 Å². The lowest BCUT2D eigenvalue weighted by atomic mass is 9.98. The fourth-order valence-electron chi connectivity index (χ4n) is 2.78. The zero-order valence-corrected chi connectivity index (χ0v) is 15.1.